The van der Waals surface area contributed by atoms with Crippen LogP contribution >= 0.6 is 15.9 Å². The molecule has 0 fully saturated rings. The van der Waals surface area contributed by atoms with Gasteiger partial charge >= 0.3 is 0 Å². The lowest BCUT2D eigenvalue weighted by Crippen LogP contribution is -2.43. The lowest BCUT2D eigenvalue weighted by molar-refractivity contribution is 0.237. The van der Waals surface area contributed by atoms with E-state index in [1.807, 2.05) is 12.1 Å². The van der Waals surface area contributed by atoms with Crippen LogP contribution in [0.25, 0.3) is 0 Å². The molecule has 82 valence electrons. The molecular weight excluding hydrogens is 254 g/mol. The first-order valence-electron chi connectivity index (χ1n) is 5.25. The smallest absolute Gasteiger partial charge is 0.142 e. The van der Waals surface area contributed by atoms with Crippen molar-refractivity contribution in [2.24, 2.45) is 5.92 Å². The molecule has 0 bridgehead atoms. The molecule has 1 aromatic carbocycles. The maximum Gasteiger partial charge on any atom is 0.142 e. The average Bonchev–Trinajstić information content (AvgIpc) is 2.19. The lowest BCUT2D eigenvalue weighted by Gasteiger charge is -2.38. The Balaban J connectivity index is 2.36. The second-order valence-corrected chi connectivity index (χ2v) is 5.26. The van der Waals surface area contributed by atoms with E-state index in [1.165, 1.54) is 5.69 Å². The standard InChI is InChI=1S/C12H16BrNO/c1-8(2)11-7-15-12-5-4-9(13)6-10(12)14(11)3/h4-6,8,11H,7H2,1-3H3. The molecule has 1 aromatic rings. The maximum atomic E-state index is 5.76. The summed E-state index contributed by atoms with van der Waals surface area (Å²) in [6, 6.07) is 6.62. The molecule has 0 N–H and O–H groups in total. The Morgan fingerprint density at radius 1 is 1.47 bits per heavy atom. The molecule has 0 radical (unpaired) electrons. The zero-order chi connectivity index (χ0) is 11.0. The highest BCUT2D eigenvalue weighted by molar-refractivity contribution is 9.10. The third kappa shape index (κ3) is 1.98. The molecule has 0 aromatic heterocycles. The fourth-order valence-electron chi connectivity index (χ4n) is 1.99. The van der Waals surface area contributed by atoms with Gasteiger partial charge in [0.25, 0.3) is 0 Å². The van der Waals surface area contributed by atoms with Crippen LogP contribution in [0.1, 0.15) is 13.8 Å². The van der Waals surface area contributed by atoms with Crippen molar-refractivity contribution < 1.29 is 4.74 Å². The van der Waals surface area contributed by atoms with Crippen molar-refractivity contribution in [2.45, 2.75) is 19.9 Å². The quantitative estimate of drug-likeness (QED) is 0.776. The highest BCUT2D eigenvalue weighted by Crippen LogP contribution is 2.36. The summed E-state index contributed by atoms with van der Waals surface area (Å²) in [4.78, 5) is 2.31. The van der Waals surface area contributed by atoms with E-state index in [-0.39, 0.29) is 0 Å². The van der Waals surface area contributed by atoms with Crippen molar-refractivity contribution in [3.8, 4) is 5.75 Å². The highest BCUT2D eigenvalue weighted by atomic mass is 79.9. The molecule has 0 saturated carbocycles. The predicted molar refractivity (Wildman–Crippen MR) is 66.7 cm³/mol. The first-order valence-corrected chi connectivity index (χ1v) is 6.04. The summed E-state index contributed by atoms with van der Waals surface area (Å²) in [5.41, 5.74) is 1.18. The molecule has 1 aliphatic rings. The van der Waals surface area contributed by atoms with Crippen molar-refractivity contribution in [1.29, 1.82) is 0 Å². The second kappa shape index (κ2) is 4.05. The lowest BCUT2D eigenvalue weighted by atomic mass is 10.0. The number of ether oxygens (including phenoxy) is 1. The molecular formula is C12H16BrNO. The number of anilines is 1. The van der Waals surface area contributed by atoms with Crippen molar-refractivity contribution in [1.82, 2.24) is 0 Å². The summed E-state index contributed by atoms with van der Waals surface area (Å²) in [6.45, 7) is 5.24. The predicted octanol–water partition coefficient (Wildman–Crippen LogP) is 3.30. The van der Waals surface area contributed by atoms with Gasteiger partial charge in [-0.2, -0.15) is 0 Å². The van der Waals surface area contributed by atoms with Gasteiger partial charge in [-0.05, 0) is 24.1 Å². The molecule has 0 amide bonds. The first kappa shape index (κ1) is 10.8. The van der Waals surface area contributed by atoms with E-state index in [1.54, 1.807) is 0 Å². The number of rotatable bonds is 1. The van der Waals surface area contributed by atoms with E-state index in [0.717, 1.165) is 16.8 Å². The Morgan fingerprint density at radius 2 is 2.20 bits per heavy atom. The van der Waals surface area contributed by atoms with E-state index >= 15 is 0 Å². The van der Waals surface area contributed by atoms with Crippen molar-refractivity contribution >= 4 is 21.6 Å². The molecule has 15 heavy (non-hydrogen) atoms. The number of nitrogens with zero attached hydrogens (tertiary/aromatic N) is 1. The van der Waals surface area contributed by atoms with Gasteiger partial charge in [0.15, 0.2) is 0 Å². The molecule has 3 heteroatoms. The fraction of sp³-hybridized carbons (Fsp3) is 0.500. The summed E-state index contributed by atoms with van der Waals surface area (Å²) in [6.07, 6.45) is 0. The summed E-state index contributed by atoms with van der Waals surface area (Å²) in [5.74, 6) is 1.58. The monoisotopic (exact) mass is 269 g/mol. The molecule has 0 saturated heterocycles. The molecule has 2 rings (SSSR count). The first-order chi connectivity index (χ1) is 7.09. The maximum absolute atomic E-state index is 5.76. The van der Waals surface area contributed by atoms with Gasteiger partial charge in [0.2, 0.25) is 0 Å². The van der Waals surface area contributed by atoms with Crippen LogP contribution in [0.3, 0.4) is 0 Å². The van der Waals surface area contributed by atoms with Gasteiger partial charge in [0, 0.05) is 11.5 Å². The van der Waals surface area contributed by atoms with Crippen LogP contribution in [0.15, 0.2) is 22.7 Å². The zero-order valence-electron chi connectivity index (χ0n) is 9.33. The van der Waals surface area contributed by atoms with Crippen molar-refractivity contribution in [2.75, 3.05) is 18.6 Å². The van der Waals surface area contributed by atoms with E-state index in [2.05, 4.69) is 47.8 Å². The van der Waals surface area contributed by atoms with Crippen LogP contribution in [-0.4, -0.2) is 19.7 Å². The van der Waals surface area contributed by atoms with Gasteiger partial charge in [-0.25, -0.2) is 0 Å². The molecule has 2 nitrogen and oxygen atoms in total. The second-order valence-electron chi connectivity index (χ2n) is 4.35. The largest absolute Gasteiger partial charge is 0.489 e. The van der Waals surface area contributed by atoms with E-state index in [0.29, 0.717) is 12.0 Å². The number of benzene rings is 1. The minimum Gasteiger partial charge on any atom is -0.489 e. The normalized spacial score (nSPS) is 20.1. The molecule has 1 aliphatic heterocycles. The Labute approximate surface area is 99.4 Å². The third-order valence-electron chi connectivity index (χ3n) is 2.98. The molecule has 1 heterocycles. The fourth-order valence-corrected chi connectivity index (χ4v) is 2.34. The van der Waals surface area contributed by atoms with Crippen LogP contribution in [0.5, 0.6) is 5.75 Å². The summed E-state index contributed by atoms with van der Waals surface area (Å²) in [5, 5.41) is 0. The topological polar surface area (TPSA) is 12.5 Å². The van der Waals surface area contributed by atoms with Crippen LogP contribution in [0.2, 0.25) is 0 Å². The number of halogens is 1. The number of hydrogen-bond donors (Lipinski definition) is 0. The Bertz CT molecular complexity index is 365. The molecule has 0 aliphatic carbocycles. The number of fused-ring (bicyclic) bond motifs is 1. The van der Waals surface area contributed by atoms with E-state index in [4.69, 9.17) is 4.74 Å². The Morgan fingerprint density at radius 3 is 2.87 bits per heavy atom. The zero-order valence-corrected chi connectivity index (χ0v) is 10.9. The minimum atomic E-state index is 0.465. The summed E-state index contributed by atoms with van der Waals surface area (Å²) in [7, 11) is 2.14. The summed E-state index contributed by atoms with van der Waals surface area (Å²) >= 11 is 3.49. The van der Waals surface area contributed by atoms with Gasteiger partial charge in [0.05, 0.1) is 11.7 Å². The van der Waals surface area contributed by atoms with Gasteiger partial charge in [-0.3, -0.25) is 0 Å². The van der Waals surface area contributed by atoms with Crippen LogP contribution in [-0.2, 0) is 0 Å². The molecule has 0 spiro atoms. The van der Waals surface area contributed by atoms with Gasteiger partial charge in [-0.15, -0.1) is 0 Å². The van der Waals surface area contributed by atoms with Crippen LogP contribution in [0.4, 0.5) is 5.69 Å². The Kier molecular flexibility index (Phi) is 2.91. The van der Waals surface area contributed by atoms with Crippen molar-refractivity contribution in [3.63, 3.8) is 0 Å². The van der Waals surface area contributed by atoms with Crippen molar-refractivity contribution in [3.05, 3.63) is 22.7 Å². The SMILES string of the molecule is CC(C)C1COc2ccc(Br)cc2N1C. The molecule has 1 unspecified atom stereocenters. The number of hydrogen-bond acceptors (Lipinski definition) is 2. The third-order valence-corrected chi connectivity index (χ3v) is 3.47. The van der Waals surface area contributed by atoms with E-state index in [9.17, 15) is 0 Å². The average molecular weight is 270 g/mol. The summed E-state index contributed by atoms with van der Waals surface area (Å²) < 4.78 is 6.86. The van der Waals surface area contributed by atoms with Gasteiger partial charge in [-0.1, -0.05) is 29.8 Å². The van der Waals surface area contributed by atoms with E-state index < -0.39 is 0 Å². The van der Waals surface area contributed by atoms with Gasteiger partial charge < -0.3 is 9.64 Å². The minimum absolute atomic E-state index is 0.465. The molecule has 1 atom stereocenters. The van der Waals surface area contributed by atoms with Crippen LogP contribution in [0, 0.1) is 5.92 Å². The Hall–Kier alpha value is -0.700. The highest BCUT2D eigenvalue weighted by Gasteiger charge is 2.26. The van der Waals surface area contributed by atoms with Crippen LogP contribution < -0.4 is 9.64 Å². The number of likely N-dealkylation sites (N-methyl/N-ethyl adjacent to an activating group) is 1. The van der Waals surface area contributed by atoms with Gasteiger partial charge in [0.1, 0.15) is 12.4 Å².